The Kier molecular flexibility index (Phi) is 8.50. The van der Waals surface area contributed by atoms with Crippen LogP contribution in [-0.2, 0) is 22.7 Å². The summed E-state index contributed by atoms with van der Waals surface area (Å²) in [5, 5.41) is 15.7. The molecule has 0 saturated carbocycles. The number of oxime groups is 1. The van der Waals surface area contributed by atoms with Crippen LogP contribution in [0.5, 0.6) is 0 Å². The highest BCUT2D eigenvalue weighted by atomic mass is 35.5. The molecule has 0 amide bonds. The fraction of sp³-hybridized carbons (Fsp3) is 0.296. The molecule has 3 aromatic carbocycles. The third-order valence-electron chi connectivity index (χ3n) is 5.51. The van der Waals surface area contributed by atoms with Crippen LogP contribution in [0.3, 0.4) is 0 Å². The van der Waals surface area contributed by atoms with Gasteiger partial charge in [-0.2, -0.15) is 0 Å². The Morgan fingerprint density at radius 2 is 1.64 bits per heavy atom. The van der Waals surface area contributed by atoms with Crippen molar-refractivity contribution in [2.75, 3.05) is 19.7 Å². The van der Waals surface area contributed by atoms with Crippen LogP contribution in [0.25, 0.3) is 0 Å². The predicted octanol–water partition coefficient (Wildman–Crippen LogP) is 4.91. The molecule has 0 radical (unpaired) electrons. The van der Waals surface area contributed by atoms with E-state index in [2.05, 4.69) is 22.2 Å². The van der Waals surface area contributed by atoms with Crippen molar-refractivity contribution in [3.63, 3.8) is 0 Å². The molecular formula is C27H29ClN2O3. The lowest BCUT2D eigenvalue weighted by Gasteiger charge is -2.27. The topological polar surface area (TPSA) is 54.3 Å². The molecular weight excluding hydrogens is 436 g/mol. The molecule has 0 unspecified atom stereocenters. The molecule has 2 atom stereocenters. The molecule has 0 aliphatic carbocycles. The molecule has 0 aromatic heterocycles. The first-order valence-corrected chi connectivity index (χ1v) is 11.6. The highest BCUT2D eigenvalue weighted by Crippen LogP contribution is 2.20. The molecule has 6 heteroatoms. The van der Waals surface area contributed by atoms with Gasteiger partial charge in [0.25, 0.3) is 0 Å². The number of hydrogen-bond donors (Lipinski definition) is 1. The van der Waals surface area contributed by atoms with Crippen LogP contribution in [-0.4, -0.2) is 47.6 Å². The minimum absolute atomic E-state index is 0.0724. The fourth-order valence-corrected chi connectivity index (χ4v) is 4.04. The first kappa shape index (κ1) is 23.5. The van der Waals surface area contributed by atoms with Gasteiger partial charge in [0, 0.05) is 31.1 Å². The zero-order valence-electron chi connectivity index (χ0n) is 18.5. The van der Waals surface area contributed by atoms with Gasteiger partial charge in [-0.25, -0.2) is 0 Å². The van der Waals surface area contributed by atoms with Gasteiger partial charge >= 0.3 is 0 Å². The predicted molar refractivity (Wildman–Crippen MR) is 131 cm³/mol. The zero-order valence-corrected chi connectivity index (χ0v) is 19.3. The van der Waals surface area contributed by atoms with Crippen molar-refractivity contribution in [2.24, 2.45) is 5.16 Å². The van der Waals surface area contributed by atoms with E-state index in [0.29, 0.717) is 37.7 Å². The smallest absolute Gasteiger partial charge is 0.145 e. The van der Waals surface area contributed by atoms with Crippen LogP contribution in [0.4, 0.5) is 0 Å². The van der Waals surface area contributed by atoms with Crippen molar-refractivity contribution in [3.8, 4) is 0 Å². The van der Waals surface area contributed by atoms with Crippen molar-refractivity contribution in [2.45, 2.75) is 31.8 Å². The van der Waals surface area contributed by atoms with Crippen molar-refractivity contribution >= 4 is 17.3 Å². The molecule has 3 aromatic rings. The molecule has 172 valence electrons. The summed E-state index contributed by atoms with van der Waals surface area (Å²) in [7, 11) is 0. The van der Waals surface area contributed by atoms with E-state index in [1.54, 1.807) is 0 Å². The number of hydrogen-bond acceptors (Lipinski definition) is 5. The Labute approximate surface area is 200 Å². The number of aliphatic hydroxyl groups is 1. The number of rotatable bonds is 11. The maximum absolute atomic E-state index is 10.7. The molecule has 0 saturated heterocycles. The van der Waals surface area contributed by atoms with E-state index in [4.69, 9.17) is 21.2 Å². The summed E-state index contributed by atoms with van der Waals surface area (Å²) in [5.41, 5.74) is 4.22. The molecule has 4 rings (SSSR count). The summed E-state index contributed by atoms with van der Waals surface area (Å²) in [6.07, 6.45) is 0.0420. The number of benzene rings is 3. The molecule has 1 aliphatic rings. The van der Waals surface area contributed by atoms with Crippen LogP contribution < -0.4 is 0 Å². The maximum atomic E-state index is 10.7. The van der Waals surface area contributed by atoms with Crippen molar-refractivity contribution in [3.05, 3.63) is 107 Å². The quantitative estimate of drug-likeness (QED) is 0.438. The molecule has 0 spiro atoms. The minimum atomic E-state index is -0.601. The number of halogens is 1. The lowest BCUT2D eigenvalue weighted by atomic mass is 10.0. The molecule has 0 fully saturated rings. The molecule has 5 nitrogen and oxygen atoms in total. The van der Waals surface area contributed by atoms with Gasteiger partial charge in [0.05, 0.1) is 25.0 Å². The van der Waals surface area contributed by atoms with E-state index in [0.717, 1.165) is 16.8 Å². The summed E-state index contributed by atoms with van der Waals surface area (Å²) in [6, 6.07) is 27.9. The van der Waals surface area contributed by atoms with Gasteiger partial charge in [-0.05, 0) is 28.8 Å². The third-order valence-corrected chi connectivity index (χ3v) is 5.76. The Balaban J connectivity index is 1.32. The zero-order chi connectivity index (χ0) is 22.9. The lowest BCUT2D eigenvalue weighted by molar-refractivity contribution is -0.00648. The summed E-state index contributed by atoms with van der Waals surface area (Å²) in [4.78, 5) is 7.94. The normalized spacial score (nSPS) is 16.5. The average Bonchev–Trinajstić information content (AvgIpc) is 3.29. The van der Waals surface area contributed by atoms with Crippen LogP contribution in [0.1, 0.15) is 23.1 Å². The summed E-state index contributed by atoms with van der Waals surface area (Å²) < 4.78 is 5.75. The fourth-order valence-electron chi connectivity index (χ4n) is 3.91. The van der Waals surface area contributed by atoms with E-state index in [1.165, 1.54) is 5.56 Å². The Bertz CT molecular complexity index is 1010. The number of nitrogens with zero attached hydrogens (tertiary/aromatic N) is 2. The van der Waals surface area contributed by atoms with Crippen LogP contribution in [0.2, 0.25) is 5.02 Å². The first-order chi connectivity index (χ1) is 16.2. The van der Waals surface area contributed by atoms with Crippen molar-refractivity contribution in [1.82, 2.24) is 4.90 Å². The van der Waals surface area contributed by atoms with Gasteiger partial charge in [-0.15, -0.1) is 0 Å². The van der Waals surface area contributed by atoms with Gasteiger partial charge in [0.15, 0.2) is 0 Å². The average molecular weight is 465 g/mol. The Hall–Kier alpha value is -2.70. The summed E-state index contributed by atoms with van der Waals surface area (Å²) >= 11 is 6.00. The third kappa shape index (κ3) is 7.41. The molecule has 1 heterocycles. The van der Waals surface area contributed by atoms with Gasteiger partial charge in [0.2, 0.25) is 0 Å². The van der Waals surface area contributed by atoms with E-state index >= 15 is 0 Å². The Morgan fingerprint density at radius 1 is 0.970 bits per heavy atom. The Morgan fingerprint density at radius 3 is 2.33 bits per heavy atom. The largest absolute Gasteiger partial charge is 0.390 e. The molecule has 0 bridgehead atoms. The van der Waals surface area contributed by atoms with Crippen LogP contribution >= 0.6 is 11.6 Å². The van der Waals surface area contributed by atoms with Gasteiger partial charge < -0.3 is 14.7 Å². The summed E-state index contributed by atoms with van der Waals surface area (Å²) in [6.45, 7) is 2.62. The maximum Gasteiger partial charge on any atom is 0.145 e. The monoisotopic (exact) mass is 464 g/mol. The van der Waals surface area contributed by atoms with E-state index < -0.39 is 6.10 Å². The van der Waals surface area contributed by atoms with Crippen LogP contribution in [0, 0.1) is 0 Å². The van der Waals surface area contributed by atoms with Gasteiger partial charge in [0.1, 0.15) is 6.10 Å². The second-order valence-electron chi connectivity index (χ2n) is 8.31. The standard InChI is InChI=1S/C27H29ClN2O3/c28-24-13-11-23(12-14-24)27-15-26(33-29-27)18-30(16-21-7-3-1-4-8-21)17-25(31)20-32-19-22-9-5-2-6-10-22/h1-14,25-26,31H,15-20H2/t25-,26-/m0/s1. The van der Waals surface area contributed by atoms with E-state index in [-0.39, 0.29) is 12.7 Å². The second kappa shape index (κ2) is 12.0. The van der Waals surface area contributed by atoms with Gasteiger partial charge in [-0.3, -0.25) is 4.90 Å². The minimum Gasteiger partial charge on any atom is -0.390 e. The molecule has 33 heavy (non-hydrogen) atoms. The number of aliphatic hydroxyl groups excluding tert-OH is 1. The first-order valence-electron chi connectivity index (χ1n) is 11.2. The lowest BCUT2D eigenvalue weighted by Crippen LogP contribution is -2.39. The van der Waals surface area contributed by atoms with Crippen LogP contribution in [0.15, 0.2) is 90.1 Å². The van der Waals surface area contributed by atoms with Gasteiger partial charge in [-0.1, -0.05) is 89.6 Å². The molecule has 1 aliphatic heterocycles. The molecule has 1 N–H and O–H groups in total. The van der Waals surface area contributed by atoms with E-state index in [9.17, 15) is 5.11 Å². The second-order valence-corrected chi connectivity index (χ2v) is 8.75. The highest BCUT2D eigenvalue weighted by molar-refractivity contribution is 6.30. The summed E-state index contributed by atoms with van der Waals surface area (Å²) in [5.74, 6) is 0. The number of ether oxygens (including phenoxy) is 1. The SMILES string of the molecule is O[C@H](COCc1ccccc1)CN(Cc1ccccc1)C[C@@H]1CC(c2ccc(Cl)cc2)=NO1. The van der Waals surface area contributed by atoms with E-state index in [1.807, 2.05) is 72.8 Å². The van der Waals surface area contributed by atoms with Crippen molar-refractivity contribution < 1.29 is 14.7 Å². The van der Waals surface area contributed by atoms with Crippen molar-refractivity contribution in [1.29, 1.82) is 0 Å². The highest BCUT2D eigenvalue weighted by Gasteiger charge is 2.25.